The van der Waals surface area contributed by atoms with Crippen LogP contribution in [0.15, 0.2) is 47.9 Å². The van der Waals surface area contributed by atoms with Gasteiger partial charge in [0.2, 0.25) is 0 Å². The van der Waals surface area contributed by atoms with Crippen molar-refractivity contribution in [2.24, 2.45) is 5.73 Å². The summed E-state index contributed by atoms with van der Waals surface area (Å²) >= 11 is 5.91. The Kier molecular flexibility index (Phi) is 5.75. The lowest BCUT2D eigenvalue weighted by molar-refractivity contribution is -0.137. The minimum absolute atomic E-state index is 0.197. The van der Waals surface area contributed by atoms with E-state index in [1.807, 2.05) is 19.1 Å². The van der Waals surface area contributed by atoms with Gasteiger partial charge >= 0.3 is 6.18 Å². The molecule has 1 aliphatic rings. The molecule has 1 amide bonds. The average molecular weight is 425 g/mol. The number of anilines is 1. The van der Waals surface area contributed by atoms with Gasteiger partial charge in [-0.05, 0) is 37.6 Å². The number of aryl methyl sites for hydroxylation is 1. The Morgan fingerprint density at radius 3 is 2.66 bits per heavy atom. The van der Waals surface area contributed by atoms with E-state index in [0.717, 1.165) is 17.3 Å². The summed E-state index contributed by atoms with van der Waals surface area (Å²) in [5, 5.41) is 2.55. The number of carbonyl (C=O) groups excluding carboxylic acids is 1. The van der Waals surface area contributed by atoms with Gasteiger partial charge in [-0.15, -0.1) is 0 Å². The maximum atomic E-state index is 13.1. The molecule has 0 bridgehead atoms. The fourth-order valence-electron chi connectivity index (χ4n) is 3.17. The summed E-state index contributed by atoms with van der Waals surface area (Å²) in [4.78, 5) is 18.6. The molecular weight excluding hydrogens is 405 g/mol. The molecule has 2 heterocycles. The van der Waals surface area contributed by atoms with Crippen LogP contribution in [0.2, 0.25) is 5.02 Å². The van der Waals surface area contributed by atoms with Gasteiger partial charge in [0, 0.05) is 24.9 Å². The second kappa shape index (κ2) is 7.94. The fraction of sp³-hybridized carbons (Fsp3) is 0.300. The highest BCUT2D eigenvalue weighted by Crippen LogP contribution is 2.37. The van der Waals surface area contributed by atoms with Crippen molar-refractivity contribution < 1.29 is 18.0 Å². The third-order valence-corrected chi connectivity index (χ3v) is 5.26. The molecule has 29 heavy (non-hydrogen) atoms. The zero-order valence-corrected chi connectivity index (χ0v) is 16.6. The first-order chi connectivity index (χ1) is 13.6. The van der Waals surface area contributed by atoms with Crippen molar-refractivity contribution in [3.05, 3.63) is 69.6 Å². The number of pyridine rings is 1. The number of halogens is 4. The van der Waals surface area contributed by atoms with Gasteiger partial charge in [-0.1, -0.05) is 23.7 Å². The summed E-state index contributed by atoms with van der Waals surface area (Å²) in [6.07, 6.45) is -2.51. The average Bonchev–Trinajstić information content (AvgIpc) is 2.66. The van der Waals surface area contributed by atoms with Crippen molar-refractivity contribution >= 4 is 23.3 Å². The molecule has 0 saturated carbocycles. The van der Waals surface area contributed by atoms with E-state index in [1.165, 1.54) is 17.0 Å². The Hall–Kier alpha value is -2.74. The van der Waals surface area contributed by atoms with Gasteiger partial charge in [0.15, 0.2) is 0 Å². The first-order valence-corrected chi connectivity index (χ1v) is 9.32. The fourth-order valence-corrected chi connectivity index (χ4v) is 3.48. The van der Waals surface area contributed by atoms with E-state index >= 15 is 0 Å². The molecule has 0 fully saturated rings. The molecule has 154 valence electrons. The summed E-state index contributed by atoms with van der Waals surface area (Å²) in [6, 6.07) is 6.52. The van der Waals surface area contributed by atoms with Crippen LogP contribution in [-0.2, 0) is 6.18 Å². The molecule has 1 aliphatic heterocycles. The number of nitrogens with zero attached hydrogens (tertiary/aromatic N) is 2. The standard InChI is InChI=1S/C20H20ClF3N4O/c1-11-6-7-16(26-10-11)27-15-8-9-28(12(2)18(15)25)19(29)13-4-3-5-14(17(13)21)20(22,23)24/h3-7,10,12H,8-9,25H2,1-2H3,(H,26,27). The molecule has 1 aromatic carbocycles. The molecule has 3 rings (SSSR count). The van der Waals surface area contributed by atoms with Crippen LogP contribution in [0.5, 0.6) is 0 Å². The molecule has 0 spiro atoms. The molecule has 0 saturated heterocycles. The van der Waals surface area contributed by atoms with E-state index in [-0.39, 0.29) is 12.1 Å². The largest absolute Gasteiger partial charge is 0.417 e. The zero-order valence-electron chi connectivity index (χ0n) is 15.8. The van der Waals surface area contributed by atoms with Crippen molar-refractivity contribution in [3.63, 3.8) is 0 Å². The number of hydrogen-bond acceptors (Lipinski definition) is 4. The molecule has 9 heteroatoms. The van der Waals surface area contributed by atoms with Crippen molar-refractivity contribution in [1.29, 1.82) is 0 Å². The van der Waals surface area contributed by atoms with Gasteiger partial charge < -0.3 is 16.0 Å². The highest BCUT2D eigenvalue weighted by atomic mass is 35.5. The van der Waals surface area contributed by atoms with Gasteiger partial charge in [0.05, 0.1) is 27.9 Å². The SMILES string of the molecule is Cc1ccc(NC2=C(N)C(C)N(C(=O)c3cccc(C(F)(F)F)c3Cl)CC2)nc1. The van der Waals surface area contributed by atoms with Gasteiger partial charge in [-0.3, -0.25) is 4.79 Å². The van der Waals surface area contributed by atoms with E-state index in [4.69, 9.17) is 17.3 Å². The summed E-state index contributed by atoms with van der Waals surface area (Å²) in [5.41, 5.74) is 7.17. The van der Waals surface area contributed by atoms with E-state index in [0.29, 0.717) is 17.9 Å². The van der Waals surface area contributed by atoms with Crippen LogP contribution in [0.1, 0.15) is 34.8 Å². The van der Waals surface area contributed by atoms with Crippen LogP contribution in [0.25, 0.3) is 0 Å². The first-order valence-electron chi connectivity index (χ1n) is 8.94. The minimum Gasteiger partial charge on any atom is -0.399 e. The Labute approximate surface area is 171 Å². The van der Waals surface area contributed by atoms with Gasteiger partial charge in [-0.2, -0.15) is 13.2 Å². The van der Waals surface area contributed by atoms with E-state index < -0.39 is 28.7 Å². The van der Waals surface area contributed by atoms with Crippen LogP contribution < -0.4 is 11.1 Å². The third-order valence-electron chi connectivity index (χ3n) is 4.85. The van der Waals surface area contributed by atoms with Crippen molar-refractivity contribution in [1.82, 2.24) is 9.88 Å². The van der Waals surface area contributed by atoms with Crippen LogP contribution in [0.4, 0.5) is 19.0 Å². The van der Waals surface area contributed by atoms with Gasteiger partial charge in [0.25, 0.3) is 5.91 Å². The van der Waals surface area contributed by atoms with Crippen molar-refractivity contribution in [2.45, 2.75) is 32.5 Å². The molecule has 2 aromatic rings. The second-order valence-corrected chi connectivity index (χ2v) is 7.25. The monoisotopic (exact) mass is 424 g/mol. The lowest BCUT2D eigenvalue weighted by Gasteiger charge is -2.36. The number of carbonyl (C=O) groups is 1. The number of hydrogen-bond donors (Lipinski definition) is 2. The topological polar surface area (TPSA) is 71.2 Å². The van der Waals surface area contributed by atoms with Crippen LogP contribution >= 0.6 is 11.6 Å². The summed E-state index contributed by atoms with van der Waals surface area (Å²) in [6.45, 7) is 3.93. The van der Waals surface area contributed by atoms with E-state index in [1.54, 1.807) is 13.1 Å². The molecule has 0 radical (unpaired) electrons. The quantitative estimate of drug-likeness (QED) is 0.756. The lowest BCUT2D eigenvalue weighted by Crippen LogP contribution is -2.46. The maximum Gasteiger partial charge on any atom is 0.417 e. The number of aromatic nitrogens is 1. The van der Waals surface area contributed by atoms with Crippen LogP contribution in [0, 0.1) is 6.92 Å². The van der Waals surface area contributed by atoms with E-state index in [9.17, 15) is 18.0 Å². The molecule has 1 atom stereocenters. The second-order valence-electron chi connectivity index (χ2n) is 6.87. The first kappa shape index (κ1) is 21.0. The summed E-state index contributed by atoms with van der Waals surface area (Å²) in [5.74, 6) is 0.0329. The number of rotatable bonds is 3. The van der Waals surface area contributed by atoms with Crippen LogP contribution in [0.3, 0.4) is 0 Å². The Morgan fingerprint density at radius 2 is 2.03 bits per heavy atom. The van der Waals surface area contributed by atoms with Crippen LogP contribution in [-0.4, -0.2) is 28.4 Å². The number of nitrogens with two attached hydrogens (primary N) is 1. The van der Waals surface area contributed by atoms with Crippen molar-refractivity contribution in [3.8, 4) is 0 Å². The van der Waals surface area contributed by atoms with Gasteiger partial charge in [-0.25, -0.2) is 4.98 Å². The molecule has 1 unspecified atom stereocenters. The molecule has 5 nitrogen and oxygen atoms in total. The number of benzene rings is 1. The zero-order chi connectivity index (χ0) is 21.3. The van der Waals surface area contributed by atoms with Crippen molar-refractivity contribution in [2.75, 3.05) is 11.9 Å². The van der Waals surface area contributed by atoms with E-state index in [2.05, 4.69) is 10.3 Å². The minimum atomic E-state index is -4.64. The molecule has 3 N–H and O–H groups in total. The third kappa shape index (κ3) is 4.32. The molecule has 1 aromatic heterocycles. The normalized spacial score (nSPS) is 17.4. The molecular formula is C20H20ClF3N4O. The Balaban J connectivity index is 1.84. The summed E-state index contributed by atoms with van der Waals surface area (Å²) < 4.78 is 39.3. The Morgan fingerprint density at radius 1 is 1.31 bits per heavy atom. The number of amides is 1. The highest BCUT2D eigenvalue weighted by molar-refractivity contribution is 6.34. The summed E-state index contributed by atoms with van der Waals surface area (Å²) in [7, 11) is 0. The number of alkyl halides is 3. The smallest absolute Gasteiger partial charge is 0.399 e. The number of nitrogens with one attached hydrogen (secondary N) is 1. The predicted octanol–water partition coefficient (Wildman–Crippen LogP) is 4.58. The maximum absolute atomic E-state index is 13.1. The Bertz CT molecular complexity index is 957. The van der Waals surface area contributed by atoms with Gasteiger partial charge in [0.1, 0.15) is 5.82 Å². The lowest BCUT2D eigenvalue weighted by atomic mass is 10.0. The molecule has 0 aliphatic carbocycles. The predicted molar refractivity (Wildman–Crippen MR) is 105 cm³/mol. The highest BCUT2D eigenvalue weighted by Gasteiger charge is 2.36.